The summed E-state index contributed by atoms with van der Waals surface area (Å²) in [6.45, 7) is 5.99. The number of benzene rings is 2. The molecule has 3 aliphatic carbocycles. The SMILES string of the molecule is CC(C)(C)OC(=O)N1[C@@H]2C[C@@H]2C[C@H]1c1ncc(-c2ccc3c(c2F)CCc2[nH]c([C@@H]4C[C@H]5C[C@H]5N4CC(=O)c4ccccc4)nc2-3)[nH]1. The Morgan fingerprint density at radius 3 is 2.47 bits per heavy atom. The van der Waals surface area contributed by atoms with Crippen LogP contribution in [-0.4, -0.2) is 65.8 Å². The van der Waals surface area contributed by atoms with Gasteiger partial charge < -0.3 is 14.7 Å². The molecule has 47 heavy (non-hydrogen) atoms. The lowest BCUT2D eigenvalue weighted by Crippen LogP contribution is -2.38. The second-order valence-corrected chi connectivity index (χ2v) is 15.1. The van der Waals surface area contributed by atoms with Crippen molar-refractivity contribution < 1.29 is 18.7 Å². The fourth-order valence-corrected chi connectivity index (χ4v) is 8.38. The summed E-state index contributed by atoms with van der Waals surface area (Å²) in [6.07, 6.45) is 6.52. The van der Waals surface area contributed by atoms with Crippen LogP contribution in [0.5, 0.6) is 0 Å². The number of ketones is 1. The molecule has 2 aromatic heterocycles. The molecule has 0 spiro atoms. The standard InChI is InChI=1S/C37H39FN6O3/c1-37(2,3)47-36(46)44-28-14-21(28)16-30(44)34-39-17-26(41-34)24-10-9-23-22(32(24)38)11-12-25-33(23)42-35(40-25)29-15-20-13-27(20)43(29)18-31(45)19-7-5-4-6-8-19/h4-10,17,20-21,27-30H,11-16,18H2,1-3H3,(H,39,41)(H,40,42)/t20-,21-,27-,28-,29+,30+/m1/s1. The molecule has 242 valence electrons. The first-order valence-corrected chi connectivity index (χ1v) is 16.9. The number of carbonyl (C=O) groups excluding carboxylic acids is 2. The first-order chi connectivity index (χ1) is 22.6. The number of likely N-dealkylation sites (tertiary alicyclic amines) is 2. The van der Waals surface area contributed by atoms with Crippen LogP contribution >= 0.6 is 0 Å². The predicted octanol–water partition coefficient (Wildman–Crippen LogP) is 6.79. The van der Waals surface area contributed by atoms with Crippen molar-refractivity contribution in [1.82, 2.24) is 29.7 Å². The monoisotopic (exact) mass is 634 g/mol. The van der Waals surface area contributed by atoms with Crippen LogP contribution in [0.15, 0.2) is 48.7 Å². The van der Waals surface area contributed by atoms with E-state index < -0.39 is 5.60 Å². The fraction of sp³-hybridized carbons (Fsp3) is 0.459. The number of ether oxygens (including phenoxy) is 1. The molecule has 4 heterocycles. The molecule has 0 bridgehead atoms. The van der Waals surface area contributed by atoms with Crippen LogP contribution in [0, 0.1) is 17.7 Å². The van der Waals surface area contributed by atoms with Crippen molar-refractivity contribution in [2.75, 3.05) is 6.54 Å². The molecule has 4 aromatic rings. The summed E-state index contributed by atoms with van der Waals surface area (Å²) >= 11 is 0. The van der Waals surface area contributed by atoms with Crippen LogP contribution < -0.4 is 0 Å². The third-order valence-electron chi connectivity index (χ3n) is 10.8. The van der Waals surface area contributed by atoms with Gasteiger partial charge >= 0.3 is 6.09 Å². The molecular weight excluding hydrogens is 595 g/mol. The smallest absolute Gasteiger partial charge is 0.411 e. The molecule has 1 amide bonds. The molecule has 0 radical (unpaired) electrons. The Labute approximate surface area is 272 Å². The average Bonchev–Trinajstić information content (AvgIpc) is 3.68. The van der Waals surface area contributed by atoms with Crippen LogP contribution in [-0.2, 0) is 17.6 Å². The van der Waals surface area contributed by atoms with Crippen LogP contribution in [0.4, 0.5) is 9.18 Å². The number of hydrogen-bond donors (Lipinski definition) is 2. The zero-order valence-electron chi connectivity index (χ0n) is 26.9. The largest absolute Gasteiger partial charge is 0.444 e. The molecule has 2 N–H and O–H groups in total. The minimum absolute atomic E-state index is 0.0508. The molecule has 4 fully saturated rings. The number of amides is 1. The first kappa shape index (κ1) is 28.9. The number of aromatic amines is 2. The highest BCUT2D eigenvalue weighted by atomic mass is 19.1. The van der Waals surface area contributed by atoms with Gasteiger partial charge in [0.05, 0.1) is 36.2 Å². The third kappa shape index (κ3) is 4.91. The maximum atomic E-state index is 16.3. The molecule has 2 aromatic carbocycles. The average molecular weight is 635 g/mol. The van der Waals surface area contributed by atoms with Crippen LogP contribution in [0.1, 0.15) is 91.8 Å². The van der Waals surface area contributed by atoms with Crippen molar-refractivity contribution in [2.45, 2.75) is 89.1 Å². The molecule has 6 atom stereocenters. The first-order valence-electron chi connectivity index (χ1n) is 16.9. The van der Waals surface area contributed by atoms with Crippen molar-refractivity contribution >= 4 is 11.9 Å². The summed E-state index contributed by atoms with van der Waals surface area (Å²) in [4.78, 5) is 47.0. The van der Waals surface area contributed by atoms with Crippen molar-refractivity contribution in [3.05, 3.63) is 82.9 Å². The zero-order chi connectivity index (χ0) is 32.2. The maximum absolute atomic E-state index is 16.3. The molecule has 2 saturated carbocycles. The number of H-pyrrole nitrogens is 2. The molecule has 2 saturated heterocycles. The van der Waals surface area contributed by atoms with E-state index in [0.29, 0.717) is 59.9 Å². The van der Waals surface area contributed by atoms with Gasteiger partial charge in [0.1, 0.15) is 23.1 Å². The van der Waals surface area contributed by atoms with E-state index in [0.717, 1.165) is 54.0 Å². The Balaban J connectivity index is 0.965. The Hall–Kier alpha value is -4.31. The highest BCUT2D eigenvalue weighted by molar-refractivity contribution is 5.97. The third-order valence-corrected chi connectivity index (χ3v) is 10.8. The minimum atomic E-state index is -0.581. The number of carbonyl (C=O) groups is 2. The number of nitrogens with zero attached hydrogens (tertiary/aromatic N) is 4. The molecule has 9 rings (SSSR count). The second kappa shape index (κ2) is 10.3. The maximum Gasteiger partial charge on any atom is 0.411 e. The number of hydrogen-bond acceptors (Lipinski definition) is 6. The number of halogens is 1. The molecule has 2 aliphatic heterocycles. The predicted molar refractivity (Wildman–Crippen MR) is 173 cm³/mol. The van der Waals surface area contributed by atoms with Gasteiger partial charge in [0.2, 0.25) is 0 Å². The van der Waals surface area contributed by atoms with E-state index in [-0.39, 0.29) is 35.8 Å². The molecule has 5 aliphatic rings. The minimum Gasteiger partial charge on any atom is -0.444 e. The molecule has 0 unspecified atom stereocenters. The summed E-state index contributed by atoms with van der Waals surface area (Å²) in [5.74, 6) is 2.47. The Kier molecular flexibility index (Phi) is 6.36. The zero-order valence-corrected chi connectivity index (χ0v) is 26.9. The summed E-state index contributed by atoms with van der Waals surface area (Å²) in [5.41, 5.74) is 4.54. The van der Waals surface area contributed by atoms with E-state index in [1.54, 1.807) is 6.20 Å². The van der Waals surface area contributed by atoms with E-state index in [2.05, 4.69) is 19.9 Å². The molecule has 10 heteroatoms. The van der Waals surface area contributed by atoms with Crippen molar-refractivity contribution in [2.24, 2.45) is 11.8 Å². The number of rotatable bonds is 6. The number of nitrogens with one attached hydrogen (secondary N) is 2. The fourth-order valence-electron chi connectivity index (χ4n) is 8.38. The van der Waals surface area contributed by atoms with Crippen molar-refractivity contribution in [3.63, 3.8) is 0 Å². The van der Waals surface area contributed by atoms with E-state index in [9.17, 15) is 9.59 Å². The van der Waals surface area contributed by atoms with Crippen LogP contribution in [0.25, 0.3) is 22.5 Å². The number of aromatic nitrogens is 4. The van der Waals surface area contributed by atoms with E-state index >= 15 is 4.39 Å². The van der Waals surface area contributed by atoms with Gasteiger partial charge in [-0.25, -0.2) is 19.2 Å². The summed E-state index contributed by atoms with van der Waals surface area (Å²) in [5, 5.41) is 0. The van der Waals surface area contributed by atoms with E-state index in [4.69, 9.17) is 9.72 Å². The highest BCUT2D eigenvalue weighted by Gasteiger charge is 2.56. The van der Waals surface area contributed by atoms with Gasteiger partial charge in [-0.1, -0.05) is 36.4 Å². The molecular formula is C37H39FN6O3. The van der Waals surface area contributed by atoms with Crippen molar-refractivity contribution in [1.29, 1.82) is 0 Å². The highest BCUT2D eigenvalue weighted by Crippen LogP contribution is 2.54. The number of Topliss-reactive ketones (excluding diaryl/α,β-unsaturated/α-hetero) is 1. The van der Waals surface area contributed by atoms with Gasteiger partial charge in [-0.15, -0.1) is 0 Å². The topological polar surface area (TPSA) is 107 Å². The van der Waals surface area contributed by atoms with Gasteiger partial charge in [0, 0.05) is 34.5 Å². The Morgan fingerprint density at radius 2 is 1.66 bits per heavy atom. The molecule has 9 nitrogen and oxygen atoms in total. The Morgan fingerprint density at radius 1 is 0.915 bits per heavy atom. The van der Waals surface area contributed by atoms with E-state index in [1.165, 1.54) is 0 Å². The number of piperidine rings is 2. The Bertz CT molecular complexity index is 1910. The number of imidazole rings is 2. The van der Waals surface area contributed by atoms with Crippen LogP contribution in [0.3, 0.4) is 0 Å². The number of aryl methyl sites for hydroxylation is 1. The van der Waals surface area contributed by atoms with Crippen LogP contribution in [0.2, 0.25) is 0 Å². The lowest BCUT2D eigenvalue weighted by atomic mass is 9.90. The van der Waals surface area contributed by atoms with Crippen molar-refractivity contribution in [3.8, 4) is 22.5 Å². The van der Waals surface area contributed by atoms with Gasteiger partial charge in [0.15, 0.2) is 5.78 Å². The quantitative estimate of drug-likeness (QED) is 0.226. The van der Waals surface area contributed by atoms with Gasteiger partial charge in [-0.05, 0) is 82.8 Å². The van der Waals surface area contributed by atoms with E-state index in [1.807, 2.05) is 68.1 Å². The van der Waals surface area contributed by atoms with Gasteiger partial charge in [0.25, 0.3) is 0 Å². The van der Waals surface area contributed by atoms with Gasteiger partial charge in [-0.3, -0.25) is 14.6 Å². The summed E-state index contributed by atoms with van der Waals surface area (Å²) in [7, 11) is 0. The number of fused-ring (bicyclic) bond motifs is 5. The lowest BCUT2D eigenvalue weighted by molar-refractivity contribution is 0.0175. The summed E-state index contributed by atoms with van der Waals surface area (Å²) in [6, 6.07) is 13.7. The van der Waals surface area contributed by atoms with Gasteiger partial charge in [-0.2, -0.15) is 0 Å². The second-order valence-electron chi connectivity index (χ2n) is 15.1. The lowest BCUT2D eigenvalue weighted by Gasteiger charge is -2.29. The normalized spacial score (nSPS) is 27.2. The summed E-state index contributed by atoms with van der Waals surface area (Å²) < 4.78 is 22.0.